The molecule has 82 valence electrons. The lowest BCUT2D eigenvalue weighted by Gasteiger charge is -2.00. The average molecular weight is 219 g/mol. The van der Waals surface area contributed by atoms with Gasteiger partial charge in [-0.15, -0.1) is 0 Å². The van der Waals surface area contributed by atoms with Crippen LogP contribution in [0.2, 0.25) is 0 Å². The minimum absolute atomic E-state index is 0.125. The van der Waals surface area contributed by atoms with E-state index in [1.807, 2.05) is 0 Å². The lowest BCUT2D eigenvalue weighted by Crippen LogP contribution is -2.27. The third kappa shape index (κ3) is 1.37. The van der Waals surface area contributed by atoms with Gasteiger partial charge in [0.1, 0.15) is 5.56 Å². The summed E-state index contributed by atoms with van der Waals surface area (Å²) in [7, 11) is 0. The molecule has 0 aromatic heterocycles. The Bertz CT molecular complexity index is 504. The van der Waals surface area contributed by atoms with Crippen LogP contribution in [-0.4, -0.2) is 28.8 Å². The van der Waals surface area contributed by atoms with Crippen molar-refractivity contribution in [1.82, 2.24) is 0 Å². The molecule has 0 atom stereocenters. The van der Waals surface area contributed by atoms with E-state index in [9.17, 15) is 14.8 Å². The Morgan fingerprint density at radius 1 is 1.44 bits per heavy atom. The molecule has 0 aliphatic carbocycles. The zero-order chi connectivity index (χ0) is 11.7. The second-order valence-corrected chi connectivity index (χ2v) is 3.21. The first-order chi connectivity index (χ1) is 7.66. The maximum Gasteiger partial charge on any atom is 0.409 e. The largest absolute Gasteiger partial charge is 0.618 e. The fraction of sp³-hybridized carbons (Fsp3) is 0.182. The molecule has 1 aliphatic heterocycles. The van der Waals surface area contributed by atoms with Crippen LogP contribution < -0.4 is 0 Å². The van der Waals surface area contributed by atoms with Gasteiger partial charge in [-0.25, -0.2) is 4.79 Å². The van der Waals surface area contributed by atoms with E-state index in [2.05, 4.69) is 4.74 Å². The maximum atomic E-state index is 11.7. The van der Waals surface area contributed by atoms with Gasteiger partial charge in [0.25, 0.3) is 5.78 Å². The number of carbonyl (C=O) groups excluding carboxylic acids is 2. The molecule has 1 aromatic rings. The summed E-state index contributed by atoms with van der Waals surface area (Å²) in [5.41, 5.74) is -0.0424. The molecule has 0 fully saturated rings. The first-order valence-electron chi connectivity index (χ1n) is 4.82. The second kappa shape index (κ2) is 3.77. The highest BCUT2D eigenvalue weighted by Crippen LogP contribution is 2.25. The van der Waals surface area contributed by atoms with Crippen molar-refractivity contribution in [2.24, 2.45) is 0 Å². The number of rotatable bonds is 2. The zero-order valence-electron chi connectivity index (χ0n) is 8.60. The molecule has 0 saturated heterocycles. The van der Waals surface area contributed by atoms with Crippen LogP contribution in [0, 0.1) is 5.21 Å². The molecular formula is C11H9NO4. The Labute approximate surface area is 91.5 Å². The topological polar surface area (TPSA) is 69.4 Å². The van der Waals surface area contributed by atoms with Crippen molar-refractivity contribution < 1.29 is 19.1 Å². The SMILES string of the molecule is CCOC(=O)C1=[N+]([O-])c2ccccc2C1=O. The van der Waals surface area contributed by atoms with E-state index in [4.69, 9.17) is 0 Å². The fourth-order valence-electron chi connectivity index (χ4n) is 1.56. The van der Waals surface area contributed by atoms with Crippen molar-refractivity contribution in [1.29, 1.82) is 0 Å². The second-order valence-electron chi connectivity index (χ2n) is 3.21. The Kier molecular flexibility index (Phi) is 2.44. The summed E-state index contributed by atoms with van der Waals surface area (Å²) in [4.78, 5) is 23.2. The van der Waals surface area contributed by atoms with Gasteiger partial charge in [-0.1, -0.05) is 12.1 Å². The van der Waals surface area contributed by atoms with Crippen LogP contribution in [0.5, 0.6) is 0 Å². The molecule has 1 heterocycles. The summed E-state index contributed by atoms with van der Waals surface area (Å²) in [6.45, 7) is 1.74. The van der Waals surface area contributed by atoms with Gasteiger partial charge in [0.15, 0.2) is 0 Å². The van der Waals surface area contributed by atoms with Crippen LogP contribution >= 0.6 is 0 Å². The van der Waals surface area contributed by atoms with Crippen molar-refractivity contribution in [3.05, 3.63) is 35.0 Å². The predicted octanol–water partition coefficient (Wildman–Crippen LogP) is 1.03. The van der Waals surface area contributed by atoms with E-state index in [1.165, 1.54) is 12.1 Å². The number of hydrogen-bond donors (Lipinski definition) is 0. The number of esters is 1. The molecule has 1 aromatic carbocycles. The number of nitrogens with zero attached hydrogens (tertiary/aromatic N) is 1. The highest BCUT2D eigenvalue weighted by Gasteiger charge is 2.41. The van der Waals surface area contributed by atoms with Gasteiger partial charge in [-0.05, 0) is 13.0 Å². The van der Waals surface area contributed by atoms with Gasteiger partial charge in [-0.2, -0.15) is 4.74 Å². The van der Waals surface area contributed by atoms with Crippen molar-refractivity contribution in [3.8, 4) is 0 Å². The van der Waals surface area contributed by atoms with Crippen molar-refractivity contribution in [2.45, 2.75) is 6.92 Å². The minimum Gasteiger partial charge on any atom is -0.618 e. The minimum atomic E-state index is -0.876. The zero-order valence-corrected chi connectivity index (χ0v) is 8.60. The molecule has 0 N–H and O–H groups in total. The van der Waals surface area contributed by atoms with Gasteiger partial charge >= 0.3 is 11.7 Å². The molecule has 0 spiro atoms. The molecule has 1 aliphatic rings. The highest BCUT2D eigenvalue weighted by molar-refractivity contribution is 6.67. The first kappa shape index (κ1) is 10.4. The number of ether oxygens (including phenoxy) is 1. The summed E-state index contributed by atoms with van der Waals surface area (Å²) in [6.07, 6.45) is 0. The summed E-state index contributed by atoms with van der Waals surface area (Å²) in [5, 5.41) is 11.7. The summed E-state index contributed by atoms with van der Waals surface area (Å²) < 4.78 is 4.99. The van der Waals surface area contributed by atoms with Gasteiger partial charge in [0.2, 0.25) is 5.69 Å². The number of hydrogen-bond acceptors (Lipinski definition) is 4. The molecule has 0 amide bonds. The van der Waals surface area contributed by atoms with Gasteiger partial charge in [-0.3, -0.25) is 4.79 Å². The number of benzene rings is 1. The summed E-state index contributed by atoms with van der Waals surface area (Å²) in [5.74, 6) is -1.46. The first-order valence-corrected chi connectivity index (χ1v) is 4.82. The molecular weight excluding hydrogens is 210 g/mol. The van der Waals surface area contributed by atoms with E-state index in [-0.39, 0.29) is 17.9 Å². The van der Waals surface area contributed by atoms with Crippen LogP contribution in [0.15, 0.2) is 24.3 Å². The predicted molar refractivity (Wildman–Crippen MR) is 55.7 cm³/mol. The maximum absolute atomic E-state index is 11.7. The number of carbonyl (C=O) groups is 2. The Morgan fingerprint density at radius 2 is 2.12 bits per heavy atom. The van der Waals surface area contributed by atoms with E-state index in [0.717, 1.165) is 0 Å². The van der Waals surface area contributed by atoms with Crippen molar-refractivity contribution in [3.63, 3.8) is 0 Å². The molecule has 5 nitrogen and oxygen atoms in total. The molecule has 0 bridgehead atoms. The molecule has 0 radical (unpaired) electrons. The van der Waals surface area contributed by atoms with E-state index in [0.29, 0.717) is 4.74 Å². The van der Waals surface area contributed by atoms with Crippen LogP contribution in [-0.2, 0) is 9.53 Å². The van der Waals surface area contributed by atoms with Gasteiger partial charge in [0.05, 0.1) is 6.61 Å². The summed E-state index contributed by atoms with van der Waals surface area (Å²) in [6, 6.07) is 6.27. The number of para-hydroxylation sites is 1. The number of ketones is 1. The van der Waals surface area contributed by atoms with Crippen LogP contribution in [0.25, 0.3) is 0 Å². The Hall–Kier alpha value is -2.17. The average Bonchev–Trinajstić information content (AvgIpc) is 2.53. The van der Waals surface area contributed by atoms with Crippen molar-refractivity contribution in [2.75, 3.05) is 6.61 Å². The van der Waals surface area contributed by atoms with Gasteiger partial charge in [0, 0.05) is 6.07 Å². The molecule has 0 saturated carbocycles. The molecule has 5 heteroatoms. The van der Waals surface area contributed by atoms with E-state index >= 15 is 0 Å². The van der Waals surface area contributed by atoms with Crippen molar-refractivity contribution >= 4 is 23.2 Å². The normalized spacial score (nSPS) is 13.9. The fourth-order valence-corrected chi connectivity index (χ4v) is 1.56. The number of Topliss-reactive ketones (excluding diaryl/α,β-unsaturated/α-hetero) is 1. The lowest BCUT2D eigenvalue weighted by atomic mass is 10.1. The van der Waals surface area contributed by atoms with E-state index < -0.39 is 17.5 Å². The highest BCUT2D eigenvalue weighted by atomic mass is 16.5. The molecule has 2 rings (SSSR count). The Balaban J connectivity index is 2.48. The van der Waals surface area contributed by atoms with Crippen LogP contribution in [0.3, 0.4) is 0 Å². The monoisotopic (exact) mass is 219 g/mol. The standard InChI is InChI=1S/C11H9NO4/c1-2-16-11(14)9-10(13)7-5-3-4-6-8(7)12(9)15/h3-6H,2H2,1H3. The Morgan fingerprint density at radius 3 is 2.75 bits per heavy atom. The third-order valence-corrected chi connectivity index (χ3v) is 2.25. The quantitative estimate of drug-likeness (QED) is 0.423. The summed E-state index contributed by atoms with van der Waals surface area (Å²) >= 11 is 0. The number of fused-ring (bicyclic) bond motifs is 1. The molecule has 16 heavy (non-hydrogen) atoms. The lowest BCUT2D eigenvalue weighted by molar-refractivity contribution is -0.356. The third-order valence-electron chi connectivity index (χ3n) is 2.25. The van der Waals surface area contributed by atoms with Crippen LogP contribution in [0.4, 0.5) is 5.69 Å². The smallest absolute Gasteiger partial charge is 0.409 e. The molecule has 0 unspecified atom stereocenters. The van der Waals surface area contributed by atoms with Crippen LogP contribution in [0.1, 0.15) is 17.3 Å². The van der Waals surface area contributed by atoms with Gasteiger partial charge < -0.3 is 9.94 Å². The van der Waals surface area contributed by atoms with E-state index in [1.54, 1.807) is 19.1 Å².